The van der Waals surface area contributed by atoms with Crippen molar-refractivity contribution in [1.82, 2.24) is 4.90 Å². The summed E-state index contributed by atoms with van der Waals surface area (Å²) in [6.07, 6.45) is 0. The quantitative estimate of drug-likeness (QED) is 0.723. The van der Waals surface area contributed by atoms with E-state index in [0.29, 0.717) is 6.04 Å². The summed E-state index contributed by atoms with van der Waals surface area (Å²) >= 11 is 3.61. The number of alkyl halides is 1. The molecule has 2 unspecified atom stereocenters. The molecule has 0 N–H and O–H groups in total. The highest BCUT2D eigenvalue weighted by Crippen LogP contribution is 2.18. The summed E-state index contributed by atoms with van der Waals surface area (Å²) in [5.41, 5.74) is 0. The molecular formula is C11H22BrNO. The van der Waals surface area contributed by atoms with E-state index in [-0.39, 0.29) is 0 Å². The van der Waals surface area contributed by atoms with Gasteiger partial charge in [-0.15, -0.1) is 0 Å². The summed E-state index contributed by atoms with van der Waals surface area (Å²) in [6, 6.07) is 0.587. The second-order valence-corrected chi connectivity index (χ2v) is 5.22. The van der Waals surface area contributed by atoms with Gasteiger partial charge in [0.1, 0.15) is 0 Å². The van der Waals surface area contributed by atoms with Gasteiger partial charge in [-0.2, -0.15) is 0 Å². The Morgan fingerprint density at radius 2 is 2.21 bits per heavy atom. The predicted molar refractivity (Wildman–Crippen MR) is 64.0 cm³/mol. The Kier molecular flexibility index (Phi) is 5.42. The minimum atomic E-state index is 0.587. The van der Waals surface area contributed by atoms with Crippen LogP contribution in [0.4, 0.5) is 0 Å². The van der Waals surface area contributed by atoms with Gasteiger partial charge >= 0.3 is 0 Å². The molecule has 0 aromatic carbocycles. The van der Waals surface area contributed by atoms with E-state index in [1.807, 2.05) is 0 Å². The van der Waals surface area contributed by atoms with Crippen LogP contribution in [0, 0.1) is 11.8 Å². The number of rotatable bonds is 4. The lowest BCUT2D eigenvalue weighted by atomic mass is 9.97. The van der Waals surface area contributed by atoms with E-state index in [1.165, 1.54) is 6.54 Å². The largest absolute Gasteiger partial charge is 0.379 e. The van der Waals surface area contributed by atoms with Crippen molar-refractivity contribution in [1.29, 1.82) is 0 Å². The number of morpholine rings is 1. The van der Waals surface area contributed by atoms with Crippen molar-refractivity contribution in [3.8, 4) is 0 Å². The molecule has 1 saturated heterocycles. The number of nitrogens with zero attached hydrogens (tertiary/aromatic N) is 1. The average molecular weight is 264 g/mol. The van der Waals surface area contributed by atoms with Gasteiger partial charge in [0.2, 0.25) is 0 Å². The van der Waals surface area contributed by atoms with E-state index in [9.17, 15) is 0 Å². The molecule has 1 rings (SSSR count). The number of hydrogen-bond donors (Lipinski definition) is 0. The van der Waals surface area contributed by atoms with Crippen molar-refractivity contribution in [3.63, 3.8) is 0 Å². The van der Waals surface area contributed by atoms with Gasteiger partial charge in [-0.25, -0.2) is 0 Å². The van der Waals surface area contributed by atoms with Crippen LogP contribution in [0.15, 0.2) is 0 Å². The molecule has 0 aromatic heterocycles. The molecule has 2 atom stereocenters. The summed E-state index contributed by atoms with van der Waals surface area (Å²) in [7, 11) is 0. The number of hydrogen-bond acceptors (Lipinski definition) is 2. The number of halogens is 1. The normalized spacial score (nSPS) is 26.8. The second-order valence-electron chi connectivity index (χ2n) is 4.58. The van der Waals surface area contributed by atoms with E-state index < -0.39 is 0 Å². The Morgan fingerprint density at radius 3 is 2.71 bits per heavy atom. The highest BCUT2D eigenvalue weighted by Gasteiger charge is 2.23. The zero-order chi connectivity index (χ0) is 10.6. The first-order valence-corrected chi connectivity index (χ1v) is 6.65. The van der Waals surface area contributed by atoms with E-state index in [0.717, 1.165) is 36.9 Å². The summed E-state index contributed by atoms with van der Waals surface area (Å²) in [6.45, 7) is 11.0. The lowest BCUT2D eigenvalue weighted by molar-refractivity contribution is -0.00849. The van der Waals surface area contributed by atoms with Crippen molar-refractivity contribution in [2.75, 3.05) is 31.6 Å². The van der Waals surface area contributed by atoms with Crippen LogP contribution in [0.3, 0.4) is 0 Å². The molecule has 0 bridgehead atoms. The lowest BCUT2D eigenvalue weighted by Crippen LogP contribution is -2.46. The topological polar surface area (TPSA) is 12.5 Å². The van der Waals surface area contributed by atoms with Crippen LogP contribution in [0.2, 0.25) is 0 Å². The maximum absolute atomic E-state index is 5.43. The van der Waals surface area contributed by atoms with Crippen LogP contribution in [0.5, 0.6) is 0 Å². The molecule has 14 heavy (non-hydrogen) atoms. The maximum atomic E-state index is 5.43. The molecule has 0 amide bonds. The van der Waals surface area contributed by atoms with Gasteiger partial charge in [-0.1, -0.05) is 29.8 Å². The van der Waals surface area contributed by atoms with Gasteiger partial charge in [0.15, 0.2) is 0 Å². The zero-order valence-corrected chi connectivity index (χ0v) is 11.1. The van der Waals surface area contributed by atoms with Crippen LogP contribution < -0.4 is 0 Å². The van der Waals surface area contributed by atoms with Gasteiger partial charge in [-0.05, 0) is 18.8 Å². The Labute approximate surface area is 96.1 Å². The molecule has 1 aliphatic heterocycles. The molecule has 1 fully saturated rings. The van der Waals surface area contributed by atoms with Gasteiger partial charge in [0.25, 0.3) is 0 Å². The first-order chi connectivity index (χ1) is 6.65. The predicted octanol–water partition coefficient (Wildman–Crippen LogP) is 2.37. The fraction of sp³-hybridized carbons (Fsp3) is 1.00. The van der Waals surface area contributed by atoms with Crippen LogP contribution in [0.25, 0.3) is 0 Å². The van der Waals surface area contributed by atoms with E-state index >= 15 is 0 Å². The minimum absolute atomic E-state index is 0.587. The first kappa shape index (κ1) is 12.5. The lowest BCUT2D eigenvalue weighted by Gasteiger charge is -2.36. The highest BCUT2D eigenvalue weighted by molar-refractivity contribution is 9.09. The van der Waals surface area contributed by atoms with Gasteiger partial charge < -0.3 is 4.74 Å². The van der Waals surface area contributed by atoms with Crippen molar-refractivity contribution in [2.45, 2.75) is 26.8 Å². The Bertz CT molecular complexity index is 163. The van der Waals surface area contributed by atoms with Crippen molar-refractivity contribution < 1.29 is 4.74 Å². The van der Waals surface area contributed by atoms with Gasteiger partial charge in [-0.3, -0.25) is 4.90 Å². The monoisotopic (exact) mass is 263 g/mol. The number of ether oxygens (including phenoxy) is 1. The third-order valence-electron chi connectivity index (χ3n) is 3.12. The molecule has 1 aliphatic rings. The fourth-order valence-electron chi connectivity index (χ4n) is 1.77. The maximum Gasteiger partial charge on any atom is 0.0619 e. The fourth-order valence-corrected chi connectivity index (χ4v) is 2.72. The summed E-state index contributed by atoms with van der Waals surface area (Å²) in [5, 5.41) is 1.11. The standard InChI is InChI=1S/C11H22BrNO/c1-9(2)11(6-12)7-13-4-5-14-8-10(13)3/h9-11H,4-8H2,1-3H3. The van der Waals surface area contributed by atoms with Crippen LogP contribution in [-0.4, -0.2) is 42.6 Å². The van der Waals surface area contributed by atoms with E-state index in [1.54, 1.807) is 0 Å². The molecule has 3 heteroatoms. The molecular weight excluding hydrogens is 242 g/mol. The third kappa shape index (κ3) is 3.52. The van der Waals surface area contributed by atoms with Crippen LogP contribution in [-0.2, 0) is 4.74 Å². The SMILES string of the molecule is CC(C)C(CBr)CN1CCOCC1C. The first-order valence-electron chi connectivity index (χ1n) is 5.53. The smallest absolute Gasteiger partial charge is 0.0619 e. The molecule has 0 aromatic rings. The van der Waals surface area contributed by atoms with Crippen molar-refractivity contribution in [2.24, 2.45) is 11.8 Å². The van der Waals surface area contributed by atoms with Gasteiger partial charge in [0.05, 0.1) is 13.2 Å². The molecule has 0 radical (unpaired) electrons. The molecule has 2 nitrogen and oxygen atoms in total. The molecule has 0 aliphatic carbocycles. The van der Waals surface area contributed by atoms with Crippen LogP contribution in [0.1, 0.15) is 20.8 Å². The minimum Gasteiger partial charge on any atom is -0.379 e. The van der Waals surface area contributed by atoms with Gasteiger partial charge in [0, 0.05) is 24.5 Å². The van der Waals surface area contributed by atoms with Crippen LogP contribution >= 0.6 is 15.9 Å². The van der Waals surface area contributed by atoms with Crippen molar-refractivity contribution >= 4 is 15.9 Å². The molecule has 0 saturated carbocycles. The third-order valence-corrected chi connectivity index (χ3v) is 3.95. The molecule has 84 valence electrons. The Morgan fingerprint density at radius 1 is 1.50 bits per heavy atom. The van der Waals surface area contributed by atoms with Crippen molar-refractivity contribution in [3.05, 3.63) is 0 Å². The van der Waals surface area contributed by atoms with E-state index in [2.05, 4.69) is 41.6 Å². The zero-order valence-electron chi connectivity index (χ0n) is 9.50. The summed E-state index contributed by atoms with van der Waals surface area (Å²) < 4.78 is 5.43. The Hall–Kier alpha value is 0.400. The Balaban J connectivity index is 2.39. The second kappa shape index (κ2) is 6.09. The average Bonchev–Trinajstić information content (AvgIpc) is 2.16. The summed E-state index contributed by atoms with van der Waals surface area (Å²) in [4.78, 5) is 2.55. The molecule has 1 heterocycles. The summed E-state index contributed by atoms with van der Waals surface area (Å²) in [5.74, 6) is 1.51. The van der Waals surface area contributed by atoms with E-state index in [4.69, 9.17) is 4.74 Å². The highest BCUT2D eigenvalue weighted by atomic mass is 79.9. The molecule has 0 spiro atoms.